The van der Waals surface area contributed by atoms with E-state index in [1.165, 1.54) is 12.1 Å². The standard InChI is InChI=1S/C21H23F3N4O3/c22-21(23,24)20-16(2-1-5-25-20)12-27-6-8-28(9-7-27)13-19(29)26-11-15-3-4-17-18(10-15)31-14-30-17/h1-5,10H,6-9,11-14H2,(H,26,29). The Bertz CT molecular complexity index is 930. The molecule has 1 fully saturated rings. The fourth-order valence-corrected chi connectivity index (χ4v) is 3.68. The molecule has 0 unspecified atom stereocenters. The summed E-state index contributed by atoms with van der Waals surface area (Å²) in [6.45, 7) is 3.42. The van der Waals surface area contributed by atoms with Crippen molar-refractivity contribution in [3.05, 3.63) is 53.3 Å². The Morgan fingerprint density at radius 3 is 2.58 bits per heavy atom. The van der Waals surface area contributed by atoms with Crippen LogP contribution in [0.3, 0.4) is 0 Å². The summed E-state index contributed by atoms with van der Waals surface area (Å²) in [5.41, 5.74) is 0.254. The van der Waals surface area contributed by atoms with Crippen LogP contribution in [0.15, 0.2) is 36.5 Å². The third-order valence-electron chi connectivity index (χ3n) is 5.31. The summed E-state index contributed by atoms with van der Waals surface area (Å²) in [6.07, 6.45) is -3.30. The molecule has 2 aromatic rings. The first-order chi connectivity index (χ1) is 14.9. The van der Waals surface area contributed by atoms with Gasteiger partial charge in [-0.25, -0.2) is 0 Å². The second-order valence-electron chi connectivity index (χ2n) is 7.53. The summed E-state index contributed by atoms with van der Waals surface area (Å²) in [4.78, 5) is 19.7. The molecule has 1 N–H and O–H groups in total. The maximum atomic E-state index is 13.1. The van der Waals surface area contributed by atoms with Crippen LogP contribution in [0, 0.1) is 0 Å². The normalized spacial score (nSPS) is 17.0. The molecule has 0 atom stereocenters. The number of benzene rings is 1. The zero-order valence-electron chi connectivity index (χ0n) is 16.8. The third kappa shape index (κ3) is 5.45. The Kier molecular flexibility index (Phi) is 6.28. The molecule has 0 saturated carbocycles. The Labute approximate surface area is 177 Å². The van der Waals surface area contributed by atoms with Crippen LogP contribution in [-0.4, -0.2) is 60.2 Å². The summed E-state index contributed by atoms with van der Waals surface area (Å²) in [5.74, 6) is 1.27. The molecule has 10 heteroatoms. The number of carbonyl (C=O) groups is 1. The Morgan fingerprint density at radius 1 is 1.06 bits per heavy atom. The van der Waals surface area contributed by atoms with Crippen LogP contribution >= 0.6 is 0 Å². The average molecular weight is 436 g/mol. The van der Waals surface area contributed by atoms with Crippen molar-refractivity contribution in [2.24, 2.45) is 0 Å². The van der Waals surface area contributed by atoms with Crippen molar-refractivity contribution >= 4 is 5.91 Å². The number of hydrogen-bond donors (Lipinski definition) is 1. The van der Waals surface area contributed by atoms with Gasteiger partial charge in [-0.3, -0.25) is 19.6 Å². The molecular formula is C21H23F3N4O3. The molecule has 1 saturated heterocycles. The molecule has 0 aliphatic carbocycles. The van der Waals surface area contributed by atoms with Crippen LogP contribution in [-0.2, 0) is 24.1 Å². The van der Waals surface area contributed by atoms with E-state index in [9.17, 15) is 18.0 Å². The van der Waals surface area contributed by atoms with Gasteiger partial charge in [-0.15, -0.1) is 0 Å². The predicted octanol–water partition coefficient (Wildman–Crippen LogP) is 2.26. The number of ether oxygens (including phenoxy) is 2. The highest BCUT2D eigenvalue weighted by Gasteiger charge is 2.35. The fourth-order valence-electron chi connectivity index (χ4n) is 3.68. The van der Waals surface area contributed by atoms with Crippen molar-refractivity contribution in [3.63, 3.8) is 0 Å². The van der Waals surface area contributed by atoms with Gasteiger partial charge in [-0.1, -0.05) is 12.1 Å². The number of carbonyl (C=O) groups excluding carboxylic acids is 1. The minimum absolute atomic E-state index is 0.0993. The van der Waals surface area contributed by atoms with Crippen LogP contribution in [0.2, 0.25) is 0 Å². The van der Waals surface area contributed by atoms with Crippen molar-refractivity contribution in [2.45, 2.75) is 19.3 Å². The highest BCUT2D eigenvalue weighted by molar-refractivity contribution is 5.78. The van der Waals surface area contributed by atoms with Gasteiger partial charge in [0.05, 0.1) is 6.54 Å². The molecule has 31 heavy (non-hydrogen) atoms. The van der Waals surface area contributed by atoms with Gasteiger partial charge in [-0.05, 0) is 29.3 Å². The van der Waals surface area contributed by atoms with E-state index in [0.29, 0.717) is 44.2 Å². The molecule has 1 amide bonds. The van der Waals surface area contributed by atoms with Crippen molar-refractivity contribution in [1.29, 1.82) is 0 Å². The number of halogens is 3. The third-order valence-corrected chi connectivity index (χ3v) is 5.31. The van der Waals surface area contributed by atoms with Gasteiger partial charge in [0.25, 0.3) is 0 Å². The molecule has 0 spiro atoms. The summed E-state index contributed by atoms with van der Waals surface area (Å²) >= 11 is 0. The number of nitrogens with zero attached hydrogens (tertiary/aromatic N) is 3. The number of aromatic nitrogens is 1. The Morgan fingerprint density at radius 2 is 1.81 bits per heavy atom. The molecule has 0 bridgehead atoms. The van der Waals surface area contributed by atoms with E-state index in [2.05, 4.69) is 10.3 Å². The zero-order chi connectivity index (χ0) is 21.8. The van der Waals surface area contributed by atoms with Crippen LogP contribution in [0.1, 0.15) is 16.8 Å². The number of piperazine rings is 1. The van der Waals surface area contributed by atoms with Crippen LogP contribution in [0.25, 0.3) is 0 Å². The van der Waals surface area contributed by atoms with Crippen molar-refractivity contribution in [2.75, 3.05) is 39.5 Å². The van der Waals surface area contributed by atoms with Gasteiger partial charge in [0.1, 0.15) is 5.69 Å². The van der Waals surface area contributed by atoms with E-state index in [4.69, 9.17) is 9.47 Å². The molecule has 1 aromatic heterocycles. The molecule has 4 rings (SSSR count). The second-order valence-corrected chi connectivity index (χ2v) is 7.53. The smallest absolute Gasteiger partial charge is 0.433 e. The van der Waals surface area contributed by atoms with Gasteiger partial charge in [0.15, 0.2) is 11.5 Å². The van der Waals surface area contributed by atoms with Crippen LogP contribution in [0.5, 0.6) is 11.5 Å². The number of pyridine rings is 1. The fraction of sp³-hybridized carbons (Fsp3) is 0.429. The Hall–Kier alpha value is -2.85. The van der Waals surface area contributed by atoms with Crippen LogP contribution in [0.4, 0.5) is 13.2 Å². The lowest BCUT2D eigenvalue weighted by Crippen LogP contribution is -2.49. The molecule has 2 aliphatic heterocycles. The number of hydrogen-bond acceptors (Lipinski definition) is 6. The van der Waals surface area contributed by atoms with Gasteiger partial charge in [0.2, 0.25) is 12.7 Å². The monoisotopic (exact) mass is 436 g/mol. The molecule has 0 radical (unpaired) electrons. The van der Waals surface area contributed by atoms with E-state index < -0.39 is 11.9 Å². The summed E-state index contributed by atoms with van der Waals surface area (Å²) in [5, 5.41) is 2.89. The lowest BCUT2D eigenvalue weighted by molar-refractivity contribution is -0.142. The van der Waals surface area contributed by atoms with Gasteiger partial charge < -0.3 is 14.8 Å². The average Bonchev–Trinajstić information content (AvgIpc) is 3.21. The van der Waals surface area contributed by atoms with Gasteiger partial charge >= 0.3 is 6.18 Å². The lowest BCUT2D eigenvalue weighted by Gasteiger charge is -2.34. The van der Waals surface area contributed by atoms with E-state index in [1.807, 2.05) is 28.0 Å². The Balaban J connectivity index is 1.22. The van der Waals surface area contributed by atoms with Crippen molar-refractivity contribution in [1.82, 2.24) is 20.1 Å². The number of nitrogens with one attached hydrogen (secondary N) is 1. The molecule has 2 aliphatic rings. The first-order valence-corrected chi connectivity index (χ1v) is 9.99. The van der Waals surface area contributed by atoms with E-state index in [1.54, 1.807) is 0 Å². The topological polar surface area (TPSA) is 66.9 Å². The molecule has 1 aromatic carbocycles. The van der Waals surface area contributed by atoms with Crippen molar-refractivity contribution in [3.8, 4) is 11.5 Å². The quantitative estimate of drug-likeness (QED) is 0.750. The number of rotatable bonds is 6. The van der Waals surface area contributed by atoms with Crippen LogP contribution < -0.4 is 14.8 Å². The molecule has 3 heterocycles. The van der Waals surface area contributed by atoms with Gasteiger partial charge in [-0.2, -0.15) is 13.2 Å². The summed E-state index contributed by atoms with van der Waals surface area (Å²) in [6, 6.07) is 8.52. The first kappa shape index (κ1) is 21.4. The minimum Gasteiger partial charge on any atom is -0.454 e. The molecular weight excluding hydrogens is 413 g/mol. The summed E-state index contributed by atoms with van der Waals surface area (Å²) in [7, 11) is 0. The summed E-state index contributed by atoms with van der Waals surface area (Å²) < 4.78 is 50.0. The van der Waals surface area contributed by atoms with E-state index in [-0.39, 0.29) is 31.4 Å². The first-order valence-electron chi connectivity index (χ1n) is 9.99. The maximum Gasteiger partial charge on any atom is 0.433 e. The minimum atomic E-state index is -4.46. The molecule has 166 valence electrons. The number of amides is 1. The largest absolute Gasteiger partial charge is 0.454 e. The molecule has 7 nitrogen and oxygen atoms in total. The SMILES string of the molecule is O=C(CN1CCN(Cc2cccnc2C(F)(F)F)CC1)NCc1ccc2c(c1)OCO2. The maximum absolute atomic E-state index is 13.1. The highest BCUT2D eigenvalue weighted by Crippen LogP contribution is 2.32. The predicted molar refractivity (Wildman–Crippen MR) is 105 cm³/mol. The highest BCUT2D eigenvalue weighted by atomic mass is 19.4. The van der Waals surface area contributed by atoms with Crippen molar-refractivity contribution < 1.29 is 27.4 Å². The number of alkyl halides is 3. The second kappa shape index (κ2) is 9.11. The zero-order valence-corrected chi connectivity index (χ0v) is 16.8. The van der Waals surface area contributed by atoms with Gasteiger partial charge in [0, 0.05) is 45.5 Å². The van der Waals surface area contributed by atoms with E-state index in [0.717, 1.165) is 11.8 Å². The lowest BCUT2D eigenvalue weighted by atomic mass is 10.1. The number of fused-ring (bicyclic) bond motifs is 1. The van der Waals surface area contributed by atoms with E-state index >= 15 is 0 Å².